The molecule has 3 aromatic rings. The fraction of sp³-hybridized carbons (Fsp3) is 0.176. The summed E-state index contributed by atoms with van der Waals surface area (Å²) in [6.07, 6.45) is -0.386. The van der Waals surface area contributed by atoms with Gasteiger partial charge in [0, 0.05) is 18.8 Å². The summed E-state index contributed by atoms with van der Waals surface area (Å²) in [5.74, 6) is -0.531. The van der Waals surface area contributed by atoms with Crippen LogP contribution in [0.25, 0.3) is 0 Å². The molecule has 10 heteroatoms. The number of hydrogen-bond acceptors (Lipinski definition) is 5. The minimum atomic E-state index is -4.62. The molecule has 1 unspecified atom stereocenters. The molecule has 138 valence electrons. The number of fused-ring (bicyclic) bond motifs is 1. The summed E-state index contributed by atoms with van der Waals surface area (Å²) in [7, 11) is 0. The minimum absolute atomic E-state index is 0.117. The van der Waals surface area contributed by atoms with Gasteiger partial charge in [-0.05, 0) is 24.3 Å². The Kier molecular flexibility index (Phi) is 4.02. The molecular weight excluding hydrogens is 363 g/mol. The van der Waals surface area contributed by atoms with Crippen LogP contribution in [0.4, 0.5) is 19.0 Å². The van der Waals surface area contributed by atoms with Gasteiger partial charge in [0.2, 0.25) is 0 Å². The molecule has 27 heavy (non-hydrogen) atoms. The number of halogens is 3. The quantitative estimate of drug-likeness (QED) is 0.761. The molecule has 0 aromatic carbocycles. The van der Waals surface area contributed by atoms with Gasteiger partial charge in [-0.1, -0.05) is 0 Å². The van der Waals surface area contributed by atoms with E-state index in [1.165, 1.54) is 18.7 Å². The van der Waals surface area contributed by atoms with E-state index in [-0.39, 0.29) is 23.5 Å². The van der Waals surface area contributed by atoms with Gasteiger partial charge in [0.25, 0.3) is 5.91 Å². The van der Waals surface area contributed by atoms with Crippen molar-refractivity contribution in [2.24, 2.45) is 4.99 Å². The van der Waals surface area contributed by atoms with Crippen molar-refractivity contribution in [1.82, 2.24) is 20.1 Å². The Hall–Kier alpha value is -3.43. The van der Waals surface area contributed by atoms with E-state index in [2.05, 4.69) is 20.4 Å². The summed E-state index contributed by atoms with van der Waals surface area (Å²) in [5.41, 5.74) is -0.411. The van der Waals surface area contributed by atoms with Crippen LogP contribution in [0.1, 0.15) is 34.3 Å². The highest BCUT2D eigenvalue weighted by molar-refractivity contribution is 6.01. The van der Waals surface area contributed by atoms with E-state index in [1.807, 2.05) is 0 Å². The van der Waals surface area contributed by atoms with Crippen molar-refractivity contribution >= 4 is 17.4 Å². The van der Waals surface area contributed by atoms with E-state index in [4.69, 9.17) is 4.42 Å². The molecule has 0 bridgehead atoms. The molecule has 1 aliphatic rings. The fourth-order valence-electron chi connectivity index (χ4n) is 2.78. The SMILES string of the molecule is O=C(NC1CC(c2ccco2)=Nc2c(C(F)(F)F)cnn21)c1cccnc1. The molecule has 0 fully saturated rings. The van der Waals surface area contributed by atoms with E-state index in [0.717, 1.165) is 4.68 Å². The molecule has 0 aliphatic carbocycles. The average Bonchev–Trinajstić information content (AvgIpc) is 3.31. The van der Waals surface area contributed by atoms with Gasteiger partial charge in [-0.2, -0.15) is 18.3 Å². The number of carbonyl (C=O) groups is 1. The second-order valence-electron chi connectivity index (χ2n) is 5.80. The zero-order valence-corrected chi connectivity index (χ0v) is 13.6. The summed E-state index contributed by atoms with van der Waals surface area (Å²) >= 11 is 0. The Morgan fingerprint density at radius 2 is 2.11 bits per heavy atom. The number of amides is 1. The number of aliphatic imine (C=N–C) groups is 1. The van der Waals surface area contributed by atoms with Crippen molar-refractivity contribution in [3.05, 3.63) is 66.0 Å². The summed E-state index contributed by atoms with van der Waals surface area (Å²) in [6.45, 7) is 0. The van der Waals surface area contributed by atoms with Crippen molar-refractivity contribution in [1.29, 1.82) is 0 Å². The van der Waals surface area contributed by atoms with Crippen LogP contribution in [0.5, 0.6) is 0 Å². The first-order valence-corrected chi connectivity index (χ1v) is 7.90. The highest BCUT2D eigenvalue weighted by atomic mass is 19.4. The van der Waals surface area contributed by atoms with Crippen molar-refractivity contribution < 1.29 is 22.4 Å². The highest BCUT2D eigenvalue weighted by Gasteiger charge is 2.39. The van der Waals surface area contributed by atoms with Gasteiger partial charge in [0.15, 0.2) is 5.82 Å². The first-order chi connectivity index (χ1) is 12.9. The molecule has 4 heterocycles. The number of furan rings is 1. The number of hydrogen-bond donors (Lipinski definition) is 1. The van der Waals surface area contributed by atoms with Crippen LogP contribution >= 0.6 is 0 Å². The van der Waals surface area contributed by atoms with Gasteiger partial charge >= 0.3 is 6.18 Å². The Bertz CT molecular complexity index is 994. The van der Waals surface area contributed by atoms with Crippen molar-refractivity contribution in [2.75, 3.05) is 0 Å². The molecule has 1 atom stereocenters. The molecule has 4 rings (SSSR count). The van der Waals surface area contributed by atoms with Crippen LogP contribution in [-0.2, 0) is 6.18 Å². The number of nitrogens with one attached hydrogen (secondary N) is 1. The van der Waals surface area contributed by atoms with Crippen LogP contribution in [0.15, 0.2) is 58.5 Å². The van der Waals surface area contributed by atoms with Crippen molar-refractivity contribution in [3.63, 3.8) is 0 Å². The highest BCUT2D eigenvalue weighted by Crippen LogP contribution is 2.40. The zero-order valence-electron chi connectivity index (χ0n) is 13.6. The van der Waals surface area contributed by atoms with Crippen LogP contribution < -0.4 is 5.32 Å². The van der Waals surface area contributed by atoms with E-state index >= 15 is 0 Å². The van der Waals surface area contributed by atoms with Crippen LogP contribution in [-0.4, -0.2) is 26.4 Å². The second-order valence-corrected chi connectivity index (χ2v) is 5.80. The van der Waals surface area contributed by atoms with Gasteiger partial charge in [-0.3, -0.25) is 9.78 Å². The normalized spacial score (nSPS) is 16.6. The maximum absolute atomic E-state index is 13.3. The first-order valence-electron chi connectivity index (χ1n) is 7.90. The molecular formula is C17H12F3N5O2. The zero-order chi connectivity index (χ0) is 19.0. The molecule has 0 radical (unpaired) electrons. The predicted octanol–water partition coefficient (Wildman–Crippen LogP) is 3.34. The number of pyridine rings is 1. The lowest BCUT2D eigenvalue weighted by Crippen LogP contribution is -2.36. The number of carbonyl (C=O) groups excluding carboxylic acids is 1. The molecule has 1 aliphatic heterocycles. The van der Waals surface area contributed by atoms with Gasteiger partial charge < -0.3 is 9.73 Å². The Balaban J connectivity index is 1.73. The Morgan fingerprint density at radius 1 is 1.26 bits per heavy atom. The average molecular weight is 375 g/mol. The van der Waals surface area contributed by atoms with E-state index < -0.39 is 23.8 Å². The summed E-state index contributed by atoms with van der Waals surface area (Å²) in [4.78, 5) is 20.4. The molecule has 1 amide bonds. The Labute approximate surface area is 150 Å². The molecule has 0 saturated carbocycles. The van der Waals surface area contributed by atoms with Crippen molar-refractivity contribution in [3.8, 4) is 0 Å². The van der Waals surface area contributed by atoms with Gasteiger partial charge in [-0.15, -0.1) is 0 Å². The molecule has 1 N–H and O–H groups in total. The first kappa shape index (κ1) is 17.0. The fourth-order valence-corrected chi connectivity index (χ4v) is 2.78. The third-order valence-corrected chi connectivity index (χ3v) is 4.02. The topological polar surface area (TPSA) is 85.3 Å². The summed E-state index contributed by atoms with van der Waals surface area (Å²) < 4.78 is 46.2. The molecule has 7 nitrogen and oxygen atoms in total. The standard InChI is InChI=1S/C17H12F3N5O2/c18-17(19,20)11-9-22-25-14(24-16(26)10-3-1-5-21-8-10)7-12(23-15(11)25)13-4-2-6-27-13/h1-6,8-9,14H,7H2,(H,24,26). The second kappa shape index (κ2) is 6.38. The lowest BCUT2D eigenvalue weighted by atomic mass is 10.1. The number of alkyl halides is 3. The van der Waals surface area contributed by atoms with Gasteiger partial charge in [0.05, 0.1) is 23.7 Å². The molecule has 0 spiro atoms. The third-order valence-electron chi connectivity index (χ3n) is 4.02. The van der Waals surface area contributed by atoms with Crippen molar-refractivity contribution in [2.45, 2.75) is 18.8 Å². The minimum Gasteiger partial charge on any atom is -0.463 e. The predicted molar refractivity (Wildman–Crippen MR) is 87.5 cm³/mol. The molecule has 0 saturated heterocycles. The summed E-state index contributed by atoms with van der Waals surface area (Å²) in [6, 6.07) is 6.35. The van der Waals surface area contributed by atoms with Gasteiger partial charge in [0.1, 0.15) is 17.5 Å². The summed E-state index contributed by atoms with van der Waals surface area (Å²) in [5, 5.41) is 6.48. The van der Waals surface area contributed by atoms with E-state index in [0.29, 0.717) is 12.0 Å². The van der Waals surface area contributed by atoms with Crippen LogP contribution in [0.3, 0.4) is 0 Å². The largest absolute Gasteiger partial charge is 0.463 e. The number of rotatable bonds is 3. The van der Waals surface area contributed by atoms with Gasteiger partial charge in [-0.25, -0.2) is 9.67 Å². The third kappa shape index (κ3) is 3.21. The van der Waals surface area contributed by atoms with E-state index in [9.17, 15) is 18.0 Å². The number of aromatic nitrogens is 3. The number of nitrogens with zero attached hydrogens (tertiary/aromatic N) is 4. The Morgan fingerprint density at radius 3 is 2.78 bits per heavy atom. The van der Waals surface area contributed by atoms with E-state index in [1.54, 1.807) is 24.3 Å². The van der Waals surface area contributed by atoms with Crippen LogP contribution in [0.2, 0.25) is 0 Å². The molecule has 3 aromatic heterocycles. The smallest absolute Gasteiger partial charge is 0.421 e. The van der Waals surface area contributed by atoms with Crippen LogP contribution in [0, 0.1) is 0 Å². The monoisotopic (exact) mass is 375 g/mol. The lowest BCUT2D eigenvalue weighted by molar-refractivity contribution is -0.137. The lowest BCUT2D eigenvalue weighted by Gasteiger charge is -2.25. The maximum atomic E-state index is 13.3. The maximum Gasteiger partial charge on any atom is 0.421 e.